The minimum Gasteiger partial charge on any atom is -0.362 e. The van der Waals surface area contributed by atoms with Crippen molar-refractivity contribution in [3.8, 4) is 6.07 Å². The Morgan fingerprint density at radius 3 is 2.63 bits per heavy atom. The van der Waals surface area contributed by atoms with Gasteiger partial charge in [-0.1, -0.05) is 26.8 Å². The maximum absolute atomic E-state index is 12.9. The molecule has 0 aromatic carbocycles. The predicted molar refractivity (Wildman–Crippen MR) is 140 cm³/mol. The van der Waals surface area contributed by atoms with Crippen LogP contribution in [0.5, 0.6) is 0 Å². The number of likely N-dealkylation sites (N-methyl/N-ethyl adjacent to an activating group) is 1. The third-order valence-electron chi connectivity index (χ3n) is 7.77. The monoisotopic (exact) mass is 477 g/mol. The van der Waals surface area contributed by atoms with Crippen LogP contribution in [0, 0.1) is 16.7 Å². The molecule has 8 heteroatoms. The summed E-state index contributed by atoms with van der Waals surface area (Å²) in [6.07, 6.45) is 5.29. The van der Waals surface area contributed by atoms with E-state index in [0.717, 1.165) is 63.4 Å². The quantitative estimate of drug-likeness (QED) is 0.652. The van der Waals surface area contributed by atoms with Crippen molar-refractivity contribution < 1.29 is 4.79 Å². The van der Waals surface area contributed by atoms with Crippen LogP contribution < -0.4 is 10.6 Å². The summed E-state index contributed by atoms with van der Waals surface area (Å²) in [7, 11) is 0. The number of piperazine rings is 1. The first-order valence-electron chi connectivity index (χ1n) is 12.8. The van der Waals surface area contributed by atoms with Gasteiger partial charge in [0.1, 0.15) is 0 Å². The number of hydrogen-bond donors (Lipinski definition) is 2. The average molecular weight is 478 g/mol. The van der Waals surface area contributed by atoms with E-state index in [1.54, 1.807) is 0 Å². The smallest absolute Gasteiger partial charge is 0.290 e. The molecule has 8 nitrogen and oxygen atoms in total. The lowest BCUT2D eigenvalue weighted by Gasteiger charge is -2.43. The van der Waals surface area contributed by atoms with Crippen LogP contribution in [-0.4, -0.2) is 71.8 Å². The zero-order valence-electron chi connectivity index (χ0n) is 21.8. The molecule has 4 rings (SSSR count). The number of allylic oxidation sites excluding steroid dienone is 2. The number of aromatic nitrogens is 1. The topological polar surface area (TPSA) is 96.6 Å². The third-order valence-corrected chi connectivity index (χ3v) is 7.77. The normalized spacial score (nSPS) is 23.1. The molecule has 35 heavy (non-hydrogen) atoms. The number of carbonyl (C=O) groups is 1. The number of nitriles is 1. The molecule has 1 atom stereocenters. The van der Waals surface area contributed by atoms with Crippen molar-refractivity contribution in [1.82, 2.24) is 20.1 Å². The van der Waals surface area contributed by atoms with Gasteiger partial charge in [-0.05, 0) is 62.8 Å². The first kappa shape index (κ1) is 25.3. The van der Waals surface area contributed by atoms with E-state index in [4.69, 9.17) is 10.2 Å². The van der Waals surface area contributed by atoms with Crippen molar-refractivity contribution >= 4 is 23.0 Å². The lowest BCUT2D eigenvalue weighted by molar-refractivity contribution is -0.110. The van der Waals surface area contributed by atoms with Crippen molar-refractivity contribution in [3.63, 3.8) is 0 Å². The van der Waals surface area contributed by atoms with E-state index in [1.807, 2.05) is 12.1 Å². The molecule has 3 aliphatic rings. The van der Waals surface area contributed by atoms with Gasteiger partial charge in [0, 0.05) is 26.2 Å². The Bertz CT molecular complexity index is 1060. The van der Waals surface area contributed by atoms with Gasteiger partial charge in [-0.25, -0.2) is 9.98 Å². The maximum atomic E-state index is 12.9. The van der Waals surface area contributed by atoms with Crippen LogP contribution in [0.2, 0.25) is 0 Å². The van der Waals surface area contributed by atoms with Crippen molar-refractivity contribution in [3.05, 3.63) is 29.6 Å². The van der Waals surface area contributed by atoms with E-state index < -0.39 is 6.04 Å². The van der Waals surface area contributed by atoms with Gasteiger partial charge in [0.15, 0.2) is 11.9 Å². The Balaban J connectivity index is 1.64. The third kappa shape index (κ3) is 5.57. The van der Waals surface area contributed by atoms with E-state index in [0.29, 0.717) is 12.2 Å². The second-order valence-electron chi connectivity index (χ2n) is 11.1. The average Bonchev–Trinajstić information content (AvgIpc) is 3.34. The molecule has 0 bridgehead atoms. The Kier molecular flexibility index (Phi) is 7.30. The highest BCUT2D eigenvalue weighted by molar-refractivity contribution is 6.42. The Morgan fingerprint density at radius 1 is 1.29 bits per heavy atom. The molecule has 1 aliphatic carbocycles. The molecule has 1 amide bonds. The SMILES string of the molecule is CCN1CCN(C(C)(C)c2ccc(NC(=O)C3=NC(C#N)CN3)c(C3=CCC(C)(C)CC3)n2)CC1. The fraction of sp³-hybridized carbons (Fsp3) is 0.630. The molecule has 3 heterocycles. The molecule has 0 radical (unpaired) electrons. The number of aliphatic imine (C=N–C) groups is 1. The molecule has 1 saturated heterocycles. The Labute approximate surface area is 209 Å². The van der Waals surface area contributed by atoms with Gasteiger partial charge in [-0.15, -0.1) is 0 Å². The first-order chi connectivity index (χ1) is 16.6. The van der Waals surface area contributed by atoms with Gasteiger partial charge in [0.25, 0.3) is 5.91 Å². The highest BCUT2D eigenvalue weighted by Gasteiger charge is 2.34. The molecule has 1 aromatic heterocycles. The van der Waals surface area contributed by atoms with Gasteiger partial charge in [-0.3, -0.25) is 9.69 Å². The molecule has 2 N–H and O–H groups in total. The molecule has 2 aliphatic heterocycles. The summed E-state index contributed by atoms with van der Waals surface area (Å²) in [5, 5.41) is 15.1. The Hall–Kier alpha value is -2.76. The van der Waals surface area contributed by atoms with Gasteiger partial charge in [0.05, 0.1) is 35.2 Å². The minimum absolute atomic E-state index is 0.208. The number of carbonyl (C=O) groups excluding carboxylic acids is 1. The maximum Gasteiger partial charge on any atom is 0.290 e. The summed E-state index contributed by atoms with van der Waals surface area (Å²) in [4.78, 5) is 27.3. The summed E-state index contributed by atoms with van der Waals surface area (Å²) in [5.74, 6) is -0.121. The second kappa shape index (κ2) is 10.1. The summed E-state index contributed by atoms with van der Waals surface area (Å²) >= 11 is 0. The highest BCUT2D eigenvalue weighted by atomic mass is 16.2. The Morgan fingerprint density at radius 2 is 2.03 bits per heavy atom. The lowest BCUT2D eigenvalue weighted by atomic mass is 9.77. The van der Waals surface area contributed by atoms with Crippen LogP contribution in [-0.2, 0) is 10.3 Å². The van der Waals surface area contributed by atoms with Crippen molar-refractivity contribution in [2.45, 2.75) is 65.5 Å². The molecule has 1 fully saturated rings. The highest BCUT2D eigenvalue weighted by Crippen LogP contribution is 2.40. The number of amides is 1. The largest absolute Gasteiger partial charge is 0.362 e. The van der Waals surface area contributed by atoms with Crippen LogP contribution in [0.3, 0.4) is 0 Å². The van der Waals surface area contributed by atoms with E-state index in [1.165, 1.54) is 5.57 Å². The number of nitrogens with zero attached hydrogens (tertiary/aromatic N) is 5. The van der Waals surface area contributed by atoms with Gasteiger partial charge < -0.3 is 15.5 Å². The van der Waals surface area contributed by atoms with Gasteiger partial charge in [-0.2, -0.15) is 5.26 Å². The molecule has 0 spiro atoms. The zero-order valence-corrected chi connectivity index (χ0v) is 21.8. The lowest BCUT2D eigenvalue weighted by Crippen LogP contribution is -2.53. The van der Waals surface area contributed by atoms with E-state index >= 15 is 0 Å². The van der Waals surface area contributed by atoms with Crippen molar-refractivity contribution in [1.29, 1.82) is 5.26 Å². The van der Waals surface area contributed by atoms with E-state index in [9.17, 15) is 4.79 Å². The predicted octanol–water partition coefficient (Wildman–Crippen LogP) is 3.38. The van der Waals surface area contributed by atoms with Crippen molar-refractivity contribution in [2.75, 3.05) is 44.6 Å². The van der Waals surface area contributed by atoms with Gasteiger partial charge >= 0.3 is 0 Å². The molecular formula is C27H39N7O. The van der Waals surface area contributed by atoms with Crippen LogP contribution in [0.1, 0.15) is 65.3 Å². The number of hydrogen-bond acceptors (Lipinski definition) is 7. The molecule has 1 aromatic rings. The molecule has 1 unspecified atom stereocenters. The summed E-state index contributed by atoms with van der Waals surface area (Å²) in [6.45, 7) is 16.9. The van der Waals surface area contributed by atoms with E-state index in [2.05, 4.69) is 72.2 Å². The number of amidine groups is 1. The van der Waals surface area contributed by atoms with Crippen LogP contribution in [0.4, 0.5) is 5.69 Å². The number of pyridine rings is 1. The number of anilines is 1. The van der Waals surface area contributed by atoms with Crippen LogP contribution in [0.15, 0.2) is 23.2 Å². The standard InChI is InChI=1S/C27H39N7O/c1-6-33-13-15-34(16-14-33)27(4,5)22-8-7-21(31-25(35)24-29-18-20(17-28)30-24)23(32-22)19-9-11-26(2,3)12-10-19/h7-9,20H,6,10-16,18H2,1-5H3,(H,29,30)(H,31,35). The fourth-order valence-electron chi connectivity index (χ4n) is 5.06. The molecule has 188 valence electrons. The first-order valence-corrected chi connectivity index (χ1v) is 12.8. The fourth-order valence-corrected chi connectivity index (χ4v) is 5.06. The summed E-state index contributed by atoms with van der Waals surface area (Å²) in [5.41, 5.74) is 3.80. The molecular weight excluding hydrogens is 438 g/mol. The van der Waals surface area contributed by atoms with Crippen LogP contribution >= 0.6 is 0 Å². The number of nitrogens with one attached hydrogen (secondary N) is 2. The molecule has 0 saturated carbocycles. The number of rotatable bonds is 6. The van der Waals surface area contributed by atoms with Crippen LogP contribution in [0.25, 0.3) is 5.57 Å². The van der Waals surface area contributed by atoms with Crippen molar-refractivity contribution in [2.24, 2.45) is 10.4 Å². The summed E-state index contributed by atoms with van der Waals surface area (Å²) < 4.78 is 0. The second-order valence-corrected chi connectivity index (χ2v) is 11.1. The zero-order chi connectivity index (χ0) is 25.2. The van der Waals surface area contributed by atoms with Gasteiger partial charge in [0.2, 0.25) is 0 Å². The minimum atomic E-state index is -0.520. The van der Waals surface area contributed by atoms with E-state index in [-0.39, 0.29) is 22.7 Å². The summed E-state index contributed by atoms with van der Waals surface area (Å²) in [6, 6.07) is 5.59.